The van der Waals surface area contributed by atoms with Gasteiger partial charge in [0.15, 0.2) is 0 Å². The predicted molar refractivity (Wildman–Crippen MR) is 179 cm³/mol. The zero-order valence-corrected chi connectivity index (χ0v) is 28.5. The van der Waals surface area contributed by atoms with Gasteiger partial charge in [-0.25, -0.2) is 33.6 Å². The van der Waals surface area contributed by atoms with E-state index in [1.807, 2.05) is 0 Å². The highest BCUT2D eigenvalue weighted by Gasteiger charge is 2.22. The molecule has 280 valence electrons. The first-order valence-corrected chi connectivity index (χ1v) is 15.6. The third-order valence-electron chi connectivity index (χ3n) is 6.34. The molecule has 0 saturated heterocycles. The summed E-state index contributed by atoms with van der Waals surface area (Å²) < 4.78 is 29.9. The molecule has 2 rings (SSSR count). The van der Waals surface area contributed by atoms with Gasteiger partial charge in [-0.3, -0.25) is 0 Å². The van der Waals surface area contributed by atoms with Crippen LogP contribution in [0.2, 0.25) is 0 Å². The summed E-state index contributed by atoms with van der Waals surface area (Å²) in [6, 6.07) is 10.4. The summed E-state index contributed by atoms with van der Waals surface area (Å²) in [5.74, 6) is -4.97. The lowest BCUT2D eigenvalue weighted by molar-refractivity contribution is -0.140. The van der Waals surface area contributed by atoms with Gasteiger partial charge in [-0.05, 0) is 38.1 Å². The van der Waals surface area contributed by atoms with Crippen molar-refractivity contribution in [3.63, 3.8) is 0 Å². The monoisotopic (exact) mass is 728 g/mol. The largest absolute Gasteiger partial charge is 0.459 e. The Hall–Kier alpha value is -6.07. The van der Waals surface area contributed by atoms with Crippen molar-refractivity contribution in [1.29, 1.82) is 0 Å². The van der Waals surface area contributed by atoms with Crippen LogP contribution in [-0.4, -0.2) is 117 Å². The van der Waals surface area contributed by atoms with Gasteiger partial charge in [0.25, 0.3) is 0 Å². The molecule has 0 bridgehead atoms. The number of ether oxygens (including phenoxy) is 6. The summed E-state index contributed by atoms with van der Waals surface area (Å²) in [5.41, 5.74) is -0.207. The van der Waals surface area contributed by atoms with E-state index in [1.54, 1.807) is 0 Å². The number of rotatable bonds is 20. The Labute approximate surface area is 298 Å². The van der Waals surface area contributed by atoms with Crippen LogP contribution in [0.3, 0.4) is 0 Å². The average molecular weight is 729 g/mol. The number of aliphatic hydroxyl groups is 2. The molecule has 2 aromatic rings. The van der Waals surface area contributed by atoms with Crippen LogP contribution in [0.25, 0.3) is 0 Å². The van der Waals surface area contributed by atoms with E-state index in [9.17, 15) is 43.8 Å². The van der Waals surface area contributed by atoms with Crippen LogP contribution in [0, 0.1) is 0 Å². The van der Waals surface area contributed by atoms with Gasteiger partial charge in [0.1, 0.15) is 51.8 Å². The standard InChI is InChI=1S/C35H40N2O15/c1-21(2)29(40)47-13-15-49-31(42)25-9-5-7-11-27(25)33(44)51-19-23(38)17-36-35(46)37-18-24(39)20-52-34(45)28-12-8-6-10-26(28)32(43)50-16-14-48-30(41)22(3)4/h5-12,23-24,38-39H,1,3,13-20H2,2,4H3,(H2,36,37,46). The van der Waals surface area contributed by atoms with Crippen LogP contribution in [-0.2, 0) is 38.0 Å². The molecule has 2 amide bonds. The molecule has 0 spiro atoms. The number of amides is 2. The Balaban J connectivity index is 1.72. The first-order chi connectivity index (χ1) is 24.7. The molecule has 0 saturated carbocycles. The Kier molecular flexibility index (Phi) is 17.7. The van der Waals surface area contributed by atoms with Crippen LogP contribution in [0.1, 0.15) is 55.3 Å². The van der Waals surface area contributed by atoms with E-state index in [-0.39, 0.29) is 72.9 Å². The van der Waals surface area contributed by atoms with Crippen LogP contribution < -0.4 is 10.6 Å². The zero-order chi connectivity index (χ0) is 38.6. The van der Waals surface area contributed by atoms with Crippen LogP contribution >= 0.6 is 0 Å². The summed E-state index contributed by atoms with van der Waals surface area (Å²) in [6.07, 6.45) is -2.72. The maximum atomic E-state index is 12.6. The second kappa shape index (κ2) is 21.9. The number of hydrogen-bond acceptors (Lipinski definition) is 15. The first kappa shape index (κ1) is 42.1. The molecule has 2 aromatic carbocycles. The van der Waals surface area contributed by atoms with Crippen LogP contribution in [0.4, 0.5) is 4.79 Å². The molecule has 0 fully saturated rings. The molecule has 0 aliphatic rings. The van der Waals surface area contributed by atoms with Crippen molar-refractivity contribution in [1.82, 2.24) is 10.6 Å². The molecule has 0 heterocycles. The molecule has 52 heavy (non-hydrogen) atoms. The second-order valence-corrected chi connectivity index (χ2v) is 10.8. The molecule has 0 aromatic heterocycles. The lowest BCUT2D eigenvalue weighted by Gasteiger charge is -2.16. The number of esters is 6. The second-order valence-electron chi connectivity index (χ2n) is 10.8. The van der Waals surface area contributed by atoms with Gasteiger partial charge in [-0.2, -0.15) is 0 Å². The summed E-state index contributed by atoms with van der Waals surface area (Å²) in [4.78, 5) is 85.1. The fourth-order valence-corrected chi connectivity index (χ4v) is 3.72. The van der Waals surface area contributed by atoms with Gasteiger partial charge in [-0.1, -0.05) is 37.4 Å². The number of hydrogen-bond donors (Lipinski definition) is 4. The van der Waals surface area contributed by atoms with Crippen molar-refractivity contribution in [3.8, 4) is 0 Å². The van der Waals surface area contributed by atoms with Gasteiger partial charge >= 0.3 is 41.8 Å². The summed E-state index contributed by atoms with van der Waals surface area (Å²) >= 11 is 0. The van der Waals surface area contributed by atoms with Gasteiger partial charge in [-0.15, -0.1) is 0 Å². The molecule has 17 heteroatoms. The number of nitrogens with one attached hydrogen (secondary N) is 2. The number of carbonyl (C=O) groups is 7. The Bertz CT molecular complexity index is 1520. The van der Waals surface area contributed by atoms with Crippen molar-refractivity contribution >= 4 is 41.8 Å². The molecule has 2 unspecified atom stereocenters. The van der Waals surface area contributed by atoms with Crippen LogP contribution in [0.15, 0.2) is 72.8 Å². The predicted octanol–water partition coefficient (Wildman–Crippen LogP) is 1.27. The van der Waals surface area contributed by atoms with Gasteiger partial charge in [0.05, 0.1) is 22.3 Å². The quantitative estimate of drug-likeness (QED) is 0.0650. The minimum Gasteiger partial charge on any atom is -0.459 e. The highest BCUT2D eigenvalue weighted by molar-refractivity contribution is 6.04. The van der Waals surface area contributed by atoms with E-state index in [1.165, 1.54) is 62.4 Å². The van der Waals surface area contributed by atoms with E-state index in [4.69, 9.17) is 28.4 Å². The van der Waals surface area contributed by atoms with E-state index in [0.29, 0.717) is 0 Å². The van der Waals surface area contributed by atoms with Crippen molar-refractivity contribution in [2.75, 3.05) is 52.7 Å². The normalized spacial score (nSPS) is 11.5. The molecular weight excluding hydrogens is 688 g/mol. The smallest absolute Gasteiger partial charge is 0.339 e. The topological polar surface area (TPSA) is 239 Å². The Morgan fingerprint density at radius 3 is 1.13 bits per heavy atom. The van der Waals surface area contributed by atoms with Crippen molar-refractivity contribution in [2.45, 2.75) is 26.1 Å². The van der Waals surface area contributed by atoms with E-state index < -0.39 is 67.3 Å². The minimum atomic E-state index is -1.36. The van der Waals surface area contributed by atoms with Crippen molar-refractivity contribution in [2.24, 2.45) is 0 Å². The SMILES string of the molecule is C=C(C)C(=O)OCCOC(=O)c1ccccc1C(=O)OCC(O)CNC(=O)NCC(O)COC(=O)c1ccccc1C(=O)OCCOC(=O)C(=C)C. The molecule has 17 nitrogen and oxygen atoms in total. The molecule has 0 aliphatic carbocycles. The third kappa shape index (κ3) is 14.8. The highest BCUT2D eigenvalue weighted by Crippen LogP contribution is 2.14. The minimum absolute atomic E-state index is 0.127. The molecule has 2 atom stereocenters. The number of aliphatic hydroxyl groups excluding tert-OH is 2. The maximum absolute atomic E-state index is 12.6. The lowest BCUT2D eigenvalue weighted by Crippen LogP contribution is -2.44. The van der Waals surface area contributed by atoms with E-state index >= 15 is 0 Å². The average Bonchev–Trinajstić information content (AvgIpc) is 3.13. The van der Waals surface area contributed by atoms with Gasteiger partial charge in [0.2, 0.25) is 0 Å². The molecule has 0 radical (unpaired) electrons. The number of urea groups is 1. The Morgan fingerprint density at radius 1 is 0.538 bits per heavy atom. The zero-order valence-electron chi connectivity index (χ0n) is 28.5. The molecule has 0 aliphatic heterocycles. The van der Waals surface area contributed by atoms with Crippen molar-refractivity contribution < 1.29 is 72.2 Å². The summed E-state index contributed by atoms with van der Waals surface area (Å²) in [5, 5.41) is 25.0. The maximum Gasteiger partial charge on any atom is 0.339 e. The van der Waals surface area contributed by atoms with E-state index in [0.717, 1.165) is 0 Å². The molecule has 4 N–H and O–H groups in total. The lowest BCUT2D eigenvalue weighted by atomic mass is 10.1. The highest BCUT2D eigenvalue weighted by atomic mass is 16.6. The summed E-state index contributed by atoms with van der Waals surface area (Å²) in [6.45, 7) is 6.91. The van der Waals surface area contributed by atoms with E-state index in [2.05, 4.69) is 23.8 Å². The third-order valence-corrected chi connectivity index (χ3v) is 6.34. The fraction of sp³-hybridized carbons (Fsp3) is 0.343. The Morgan fingerprint density at radius 2 is 0.827 bits per heavy atom. The van der Waals surface area contributed by atoms with Gasteiger partial charge in [0, 0.05) is 24.2 Å². The first-order valence-electron chi connectivity index (χ1n) is 15.6. The van der Waals surface area contributed by atoms with Crippen LogP contribution in [0.5, 0.6) is 0 Å². The van der Waals surface area contributed by atoms with Crippen molar-refractivity contribution in [3.05, 3.63) is 95.1 Å². The molecular formula is C35H40N2O15. The number of carbonyl (C=O) groups excluding carboxylic acids is 7. The summed E-state index contributed by atoms with van der Waals surface area (Å²) in [7, 11) is 0. The van der Waals surface area contributed by atoms with Gasteiger partial charge < -0.3 is 49.3 Å². The fourth-order valence-electron chi connectivity index (χ4n) is 3.72. The number of benzene rings is 2.